The van der Waals surface area contributed by atoms with E-state index in [0.29, 0.717) is 25.6 Å². The smallest absolute Gasteiger partial charge is 0.242 e. The average molecular weight is 262 g/mol. The monoisotopic (exact) mass is 261 g/mol. The summed E-state index contributed by atoms with van der Waals surface area (Å²) in [5.41, 5.74) is 5.68. The largest absolute Gasteiger partial charge is 0.336 e. The first-order valence-electron chi connectivity index (χ1n) is 5.97. The maximum atomic E-state index is 11.8. The quantitative estimate of drug-likeness (QED) is 0.776. The summed E-state index contributed by atoms with van der Waals surface area (Å²) in [7, 11) is 0. The highest BCUT2D eigenvalue weighted by Gasteiger charge is 2.37. The van der Waals surface area contributed by atoms with Gasteiger partial charge in [-0.05, 0) is 19.3 Å². The zero-order valence-corrected chi connectivity index (χ0v) is 10.9. The Labute approximate surface area is 108 Å². The Kier molecular flexibility index (Phi) is 4.77. The molecule has 0 aromatic heterocycles. The second-order valence-corrected chi connectivity index (χ2v) is 4.59. The molecule has 0 aromatic rings. The molecule has 5 nitrogen and oxygen atoms in total. The zero-order valence-electron chi connectivity index (χ0n) is 10.1. The molecule has 2 aliphatic rings. The van der Waals surface area contributed by atoms with Crippen LogP contribution in [0.2, 0.25) is 0 Å². The van der Waals surface area contributed by atoms with Gasteiger partial charge in [-0.3, -0.25) is 9.59 Å². The van der Waals surface area contributed by atoms with Crippen LogP contribution in [0.25, 0.3) is 0 Å². The minimum absolute atomic E-state index is 0. The van der Waals surface area contributed by atoms with Gasteiger partial charge in [0.2, 0.25) is 11.8 Å². The van der Waals surface area contributed by atoms with Crippen LogP contribution in [0.5, 0.6) is 0 Å². The number of hydrogen-bond donors (Lipinski definition) is 1. The zero-order chi connectivity index (χ0) is 11.7. The van der Waals surface area contributed by atoms with E-state index in [1.54, 1.807) is 4.90 Å². The van der Waals surface area contributed by atoms with Crippen LogP contribution in [0.3, 0.4) is 0 Å². The maximum absolute atomic E-state index is 11.8. The van der Waals surface area contributed by atoms with Crippen LogP contribution in [-0.2, 0) is 9.59 Å². The molecular weight excluding hydrogens is 242 g/mol. The van der Waals surface area contributed by atoms with Gasteiger partial charge in [0.05, 0.1) is 12.6 Å². The third kappa shape index (κ3) is 3.10. The van der Waals surface area contributed by atoms with Crippen LogP contribution in [0.1, 0.15) is 26.2 Å². The summed E-state index contributed by atoms with van der Waals surface area (Å²) in [4.78, 5) is 27.1. The third-order valence-corrected chi connectivity index (χ3v) is 3.31. The Balaban J connectivity index is 0.00000144. The standard InChI is InChI=1S/C11H19N3O2.ClH/c1-2-9(12)11(16)13-5-6-14(8-3-4-8)10(15)7-13;/h8-9H,2-7,12H2,1H3;1H/t9-;/m0./s1. The number of halogens is 1. The van der Waals surface area contributed by atoms with Crippen LogP contribution in [0.4, 0.5) is 0 Å². The van der Waals surface area contributed by atoms with Crippen LogP contribution in [0, 0.1) is 0 Å². The van der Waals surface area contributed by atoms with Crippen LogP contribution in [0.15, 0.2) is 0 Å². The number of carbonyl (C=O) groups is 2. The molecule has 1 heterocycles. The molecule has 17 heavy (non-hydrogen) atoms. The highest BCUT2D eigenvalue weighted by molar-refractivity contribution is 5.88. The number of nitrogens with two attached hydrogens (primary N) is 1. The lowest BCUT2D eigenvalue weighted by Gasteiger charge is -2.35. The molecule has 1 aliphatic heterocycles. The van der Waals surface area contributed by atoms with E-state index in [0.717, 1.165) is 12.8 Å². The SMILES string of the molecule is CC[C@H](N)C(=O)N1CCN(C2CC2)C(=O)C1.Cl. The lowest BCUT2D eigenvalue weighted by Crippen LogP contribution is -2.56. The van der Waals surface area contributed by atoms with Gasteiger partial charge in [-0.15, -0.1) is 12.4 Å². The number of rotatable bonds is 3. The van der Waals surface area contributed by atoms with Gasteiger partial charge in [-0.1, -0.05) is 6.92 Å². The molecule has 2 rings (SSSR count). The van der Waals surface area contributed by atoms with Gasteiger partial charge in [-0.25, -0.2) is 0 Å². The predicted octanol–water partition coefficient (Wildman–Crippen LogP) is -0.0213. The van der Waals surface area contributed by atoms with E-state index < -0.39 is 6.04 Å². The number of amides is 2. The van der Waals surface area contributed by atoms with Gasteiger partial charge in [0.15, 0.2) is 0 Å². The summed E-state index contributed by atoms with van der Waals surface area (Å²) >= 11 is 0. The molecular formula is C11H20ClN3O2. The Morgan fingerprint density at radius 3 is 2.59 bits per heavy atom. The van der Waals surface area contributed by atoms with Crippen molar-refractivity contribution < 1.29 is 9.59 Å². The first-order chi connectivity index (χ1) is 7.63. The molecule has 1 saturated heterocycles. The number of hydrogen-bond acceptors (Lipinski definition) is 3. The van der Waals surface area contributed by atoms with Crippen molar-refractivity contribution in [2.45, 2.75) is 38.3 Å². The minimum Gasteiger partial charge on any atom is -0.336 e. The second kappa shape index (κ2) is 5.69. The molecule has 1 atom stereocenters. The van der Waals surface area contributed by atoms with Crippen molar-refractivity contribution in [3.63, 3.8) is 0 Å². The predicted molar refractivity (Wildman–Crippen MR) is 66.8 cm³/mol. The Bertz CT molecular complexity index is 307. The molecule has 98 valence electrons. The number of carbonyl (C=O) groups excluding carboxylic acids is 2. The minimum atomic E-state index is -0.458. The highest BCUT2D eigenvalue weighted by Crippen LogP contribution is 2.28. The molecule has 0 spiro atoms. The third-order valence-electron chi connectivity index (χ3n) is 3.31. The molecule has 2 N–H and O–H groups in total. The van der Waals surface area contributed by atoms with Gasteiger partial charge >= 0.3 is 0 Å². The fourth-order valence-corrected chi connectivity index (χ4v) is 2.06. The molecule has 6 heteroatoms. The van der Waals surface area contributed by atoms with E-state index in [2.05, 4.69) is 0 Å². The van der Waals surface area contributed by atoms with Crippen molar-refractivity contribution in [3.8, 4) is 0 Å². The van der Waals surface area contributed by atoms with Crippen LogP contribution in [-0.4, -0.2) is 53.3 Å². The summed E-state index contributed by atoms with van der Waals surface area (Å²) in [5.74, 6) is -0.0169. The maximum Gasteiger partial charge on any atom is 0.242 e. The van der Waals surface area contributed by atoms with Gasteiger partial charge in [-0.2, -0.15) is 0 Å². The molecule has 2 amide bonds. The Morgan fingerprint density at radius 2 is 2.12 bits per heavy atom. The van der Waals surface area contributed by atoms with Gasteiger partial charge in [0.1, 0.15) is 0 Å². The van der Waals surface area contributed by atoms with E-state index in [1.807, 2.05) is 11.8 Å². The van der Waals surface area contributed by atoms with Crippen LogP contribution >= 0.6 is 12.4 Å². The van der Waals surface area contributed by atoms with Gasteiger partial charge in [0, 0.05) is 19.1 Å². The lowest BCUT2D eigenvalue weighted by molar-refractivity contribution is -0.146. The Morgan fingerprint density at radius 1 is 1.47 bits per heavy atom. The summed E-state index contributed by atoms with van der Waals surface area (Å²) in [6, 6.07) is -0.00937. The average Bonchev–Trinajstić information content (AvgIpc) is 3.10. The summed E-state index contributed by atoms with van der Waals surface area (Å²) < 4.78 is 0. The van der Waals surface area contributed by atoms with Crippen molar-refractivity contribution in [2.75, 3.05) is 19.6 Å². The normalized spacial score (nSPS) is 22.1. The molecule has 1 saturated carbocycles. The Hall–Kier alpha value is -0.810. The van der Waals surface area contributed by atoms with E-state index >= 15 is 0 Å². The topological polar surface area (TPSA) is 66.6 Å². The lowest BCUT2D eigenvalue weighted by atomic mass is 10.2. The molecule has 0 aromatic carbocycles. The fourth-order valence-electron chi connectivity index (χ4n) is 2.06. The van der Waals surface area contributed by atoms with Crippen molar-refractivity contribution in [2.24, 2.45) is 5.73 Å². The molecule has 1 aliphatic carbocycles. The highest BCUT2D eigenvalue weighted by atomic mass is 35.5. The van der Waals surface area contributed by atoms with Gasteiger partial charge in [0.25, 0.3) is 0 Å². The van der Waals surface area contributed by atoms with Crippen LogP contribution < -0.4 is 5.73 Å². The van der Waals surface area contributed by atoms with Crippen molar-refractivity contribution in [1.29, 1.82) is 0 Å². The summed E-state index contributed by atoms with van der Waals surface area (Å²) in [6.07, 6.45) is 2.86. The first kappa shape index (κ1) is 14.3. The molecule has 0 bridgehead atoms. The second-order valence-electron chi connectivity index (χ2n) is 4.59. The molecule has 0 unspecified atom stereocenters. The first-order valence-corrected chi connectivity index (χ1v) is 5.97. The molecule has 2 fully saturated rings. The number of piperazine rings is 1. The van der Waals surface area contributed by atoms with Crippen molar-refractivity contribution in [3.05, 3.63) is 0 Å². The van der Waals surface area contributed by atoms with Gasteiger partial charge < -0.3 is 15.5 Å². The fraction of sp³-hybridized carbons (Fsp3) is 0.818. The van der Waals surface area contributed by atoms with E-state index in [1.165, 1.54) is 0 Å². The molecule has 0 radical (unpaired) electrons. The van der Waals surface area contributed by atoms with E-state index in [4.69, 9.17) is 5.73 Å². The van der Waals surface area contributed by atoms with E-state index in [-0.39, 0.29) is 30.8 Å². The summed E-state index contributed by atoms with van der Waals surface area (Å²) in [6.45, 7) is 3.40. The van der Waals surface area contributed by atoms with E-state index in [9.17, 15) is 9.59 Å². The van der Waals surface area contributed by atoms with Crippen molar-refractivity contribution in [1.82, 2.24) is 9.80 Å². The van der Waals surface area contributed by atoms with Crippen molar-refractivity contribution >= 4 is 24.2 Å². The summed E-state index contributed by atoms with van der Waals surface area (Å²) in [5, 5.41) is 0. The number of nitrogens with zero attached hydrogens (tertiary/aromatic N) is 2.